The van der Waals surface area contributed by atoms with E-state index < -0.39 is 35.1 Å². The molecule has 1 unspecified atom stereocenters. The van der Waals surface area contributed by atoms with Gasteiger partial charge < -0.3 is 10.4 Å². The van der Waals surface area contributed by atoms with E-state index in [4.69, 9.17) is 5.11 Å². The summed E-state index contributed by atoms with van der Waals surface area (Å²) in [5.74, 6) is -3.78. The molecule has 1 atom stereocenters. The number of carbonyl (C=O) groups excluding carboxylic acids is 1. The van der Waals surface area contributed by atoms with Crippen LogP contribution < -0.4 is 5.32 Å². The Kier molecular flexibility index (Phi) is 4.76. The normalized spacial score (nSPS) is 11.9. The average molecular weight is 257 g/mol. The van der Waals surface area contributed by atoms with Crippen molar-refractivity contribution in [1.29, 1.82) is 0 Å². The Hall–Kier alpha value is -1.98. The predicted molar refractivity (Wildman–Crippen MR) is 61.0 cm³/mol. The predicted octanol–water partition coefficient (Wildman–Crippen LogP) is 2.40. The van der Waals surface area contributed by atoms with E-state index >= 15 is 0 Å². The Morgan fingerprint density at radius 2 is 1.83 bits per heavy atom. The van der Waals surface area contributed by atoms with Gasteiger partial charge in [-0.1, -0.05) is 13.0 Å². The molecule has 1 aromatic rings. The molecular formula is C12H13F2NO3. The first-order chi connectivity index (χ1) is 8.40. The van der Waals surface area contributed by atoms with Gasteiger partial charge in [0, 0.05) is 12.8 Å². The summed E-state index contributed by atoms with van der Waals surface area (Å²) in [6, 6.07) is 3.24. The number of carbonyl (C=O) groups is 2. The molecule has 2 N–H and O–H groups in total. The second kappa shape index (κ2) is 6.09. The van der Waals surface area contributed by atoms with Gasteiger partial charge >= 0.3 is 5.97 Å². The van der Waals surface area contributed by atoms with Crippen LogP contribution in [0.3, 0.4) is 0 Å². The van der Waals surface area contributed by atoms with E-state index in [1.165, 1.54) is 6.07 Å². The minimum atomic E-state index is -1.02. The Balaban J connectivity index is 2.62. The molecule has 0 heterocycles. The van der Waals surface area contributed by atoms with Crippen LogP contribution in [0, 0.1) is 17.6 Å². The van der Waals surface area contributed by atoms with Crippen LogP contribution in [-0.4, -0.2) is 17.0 Å². The number of hydrogen-bond donors (Lipinski definition) is 2. The van der Waals surface area contributed by atoms with Crippen molar-refractivity contribution in [1.82, 2.24) is 0 Å². The number of carboxylic acid groups (broad SMARTS) is 1. The van der Waals surface area contributed by atoms with Gasteiger partial charge in [-0.3, -0.25) is 9.59 Å². The number of anilines is 1. The number of aliphatic carboxylic acids is 1. The zero-order valence-corrected chi connectivity index (χ0v) is 9.74. The van der Waals surface area contributed by atoms with Crippen LogP contribution in [0.2, 0.25) is 0 Å². The highest BCUT2D eigenvalue weighted by Crippen LogP contribution is 2.19. The van der Waals surface area contributed by atoms with E-state index in [-0.39, 0.29) is 12.8 Å². The summed E-state index contributed by atoms with van der Waals surface area (Å²) >= 11 is 0. The Labute approximate surface area is 103 Å². The fourth-order valence-electron chi connectivity index (χ4n) is 1.49. The summed E-state index contributed by atoms with van der Waals surface area (Å²) in [5, 5.41) is 10.6. The molecule has 6 heteroatoms. The lowest BCUT2D eigenvalue weighted by atomic mass is 10.0. The second-order valence-electron chi connectivity index (χ2n) is 4.05. The third-order valence-electron chi connectivity index (χ3n) is 2.28. The number of para-hydroxylation sites is 1. The molecule has 0 fully saturated rings. The third-order valence-corrected chi connectivity index (χ3v) is 2.28. The maximum absolute atomic E-state index is 13.2. The van der Waals surface area contributed by atoms with Gasteiger partial charge in [-0.2, -0.15) is 0 Å². The van der Waals surface area contributed by atoms with Gasteiger partial charge in [0.05, 0.1) is 0 Å². The maximum atomic E-state index is 13.2. The highest BCUT2D eigenvalue weighted by atomic mass is 19.1. The third kappa shape index (κ3) is 4.12. The van der Waals surface area contributed by atoms with Crippen molar-refractivity contribution in [2.45, 2.75) is 19.8 Å². The minimum Gasteiger partial charge on any atom is -0.481 e. The van der Waals surface area contributed by atoms with Crippen molar-refractivity contribution in [2.75, 3.05) is 5.32 Å². The van der Waals surface area contributed by atoms with Gasteiger partial charge in [0.2, 0.25) is 5.91 Å². The lowest BCUT2D eigenvalue weighted by Gasteiger charge is -2.10. The van der Waals surface area contributed by atoms with E-state index in [2.05, 4.69) is 5.32 Å². The summed E-state index contributed by atoms with van der Waals surface area (Å²) in [5.41, 5.74) is -0.509. The van der Waals surface area contributed by atoms with E-state index in [0.29, 0.717) is 0 Å². The van der Waals surface area contributed by atoms with E-state index in [9.17, 15) is 18.4 Å². The van der Waals surface area contributed by atoms with Gasteiger partial charge in [-0.25, -0.2) is 8.78 Å². The summed E-state index contributed by atoms with van der Waals surface area (Å²) in [4.78, 5) is 21.9. The lowest BCUT2D eigenvalue weighted by Crippen LogP contribution is -2.18. The molecule has 1 rings (SSSR count). The van der Waals surface area contributed by atoms with Crippen LogP contribution in [0.15, 0.2) is 18.2 Å². The smallest absolute Gasteiger partial charge is 0.303 e. The molecule has 0 saturated heterocycles. The quantitative estimate of drug-likeness (QED) is 0.851. The van der Waals surface area contributed by atoms with Crippen molar-refractivity contribution in [2.24, 2.45) is 5.92 Å². The zero-order valence-electron chi connectivity index (χ0n) is 9.74. The number of amides is 1. The van der Waals surface area contributed by atoms with Gasteiger partial charge in [0.15, 0.2) is 0 Å². The highest BCUT2D eigenvalue weighted by Gasteiger charge is 2.16. The van der Waals surface area contributed by atoms with Crippen LogP contribution in [0.25, 0.3) is 0 Å². The summed E-state index contributed by atoms with van der Waals surface area (Å²) in [6.07, 6.45) is -0.284. The van der Waals surface area contributed by atoms with Gasteiger partial charge in [0.1, 0.15) is 17.3 Å². The van der Waals surface area contributed by atoms with Gasteiger partial charge in [-0.05, 0) is 18.1 Å². The van der Waals surface area contributed by atoms with Gasteiger partial charge in [0.25, 0.3) is 0 Å². The number of nitrogens with one attached hydrogen (secondary N) is 1. The number of benzene rings is 1. The number of rotatable bonds is 5. The molecular weight excluding hydrogens is 244 g/mol. The fraction of sp³-hybridized carbons (Fsp3) is 0.333. The minimum absolute atomic E-state index is 0.111. The molecule has 0 saturated carbocycles. The van der Waals surface area contributed by atoms with E-state index in [1.807, 2.05) is 0 Å². The van der Waals surface area contributed by atoms with Gasteiger partial charge in [-0.15, -0.1) is 0 Å². The Morgan fingerprint density at radius 3 is 2.33 bits per heavy atom. The average Bonchev–Trinajstić information content (AvgIpc) is 2.22. The number of hydrogen-bond acceptors (Lipinski definition) is 2. The number of halogens is 2. The summed E-state index contributed by atoms with van der Waals surface area (Å²) in [7, 11) is 0. The Morgan fingerprint density at radius 1 is 1.28 bits per heavy atom. The van der Waals surface area contributed by atoms with Crippen molar-refractivity contribution in [3.63, 3.8) is 0 Å². The first kappa shape index (κ1) is 14.1. The van der Waals surface area contributed by atoms with Crippen LogP contribution in [-0.2, 0) is 9.59 Å². The molecule has 0 spiro atoms. The molecule has 0 aliphatic heterocycles. The van der Waals surface area contributed by atoms with Crippen molar-refractivity contribution in [3.8, 4) is 0 Å². The second-order valence-corrected chi connectivity index (χ2v) is 4.05. The summed E-state index contributed by atoms with van der Waals surface area (Å²) in [6.45, 7) is 1.57. The first-order valence-corrected chi connectivity index (χ1v) is 5.35. The van der Waals surface area contributed by atoms with Crippen molar-refractivity contribution in [3.05, 3.63) is 29.8 Å². The molecule has 4 nitrogen and oxygen atoms in total. The topological polar surface area (TPSA) is 66.4 Å². The standard InChI is InChI=1S/C12H13F2NO3/c1-7(6-11(17)18)5-10(16)15-12-8(13)3-2-4-9(12)14/h2-4,7H,5-6H2,1H3,(H,15,16)(H,17,18). The lowest BCUT2D eigenvalue weighted by molar-refractivity contribution is -0.138. The Bertz CT molecular complexity index is 442. The molecule has 0 aliphatic carbocycles. The zero-order chi connectivity index (χ0) is 13.7. The molecule has 0 radical (unpaired) electrons. The molecule has 1 aromatic carbocycles. The number of carboxylic acids is 1. The molecule has 0 aliphatic rings. The van der Waals surface area contributed by atoms with Crippen molar-refractivity contribution < 1.29 is 23.5 Å². The molecule has 0 aromatic heterocycles. The molecule has 0 bridgehead atoms. The molecule has 1 amide bonds. The molecule has 18 heavy (non-hydrogen) atoms. The summed E-state index contributed by atoms with van der Waals surface area (Å²) < 4.78 is 26.4. The fourth-order valence-corrected chi connectivity index (χ4v) is 1.49. The van der Waals surface area contributed by atoms with Crippen LogP contribution >= 0.6 is 0 Å². The van der Waals surface area contributed by atoms with E-state index in [0.717, 1.165) is 12.1 Å². The molecule has 98 valence electrons. The monoisotopic (exact) mass is 257 g/mol. The first-order valence-electron chi connectivity index (χ1n) is 5.35. The van der Waals surface area contributed by atoms with Crippen LogP contribution in [0.4, 0.5) is 14.5 Å². The highest BCUT2D eigenvalue weighted by molar-refractivity contribution is 5.91. The van der Waals surface area contributed by atoms with Crippen LogP contribution in [0.1, 0.15) is 19.8 Å². The largest absolute Gasteiger partial charge is 0.481 e. The maximum Gasteiger partial charge on any atom is 0.303 e. The SMILES string of the molecule is CC(CC(=O)O)CC(=O)Nc1c(F)cccc1F. The van der Waals surface area contributed by atoms with Crippen LogP contribution in [0.5, 0.6) is 0 Å². The van der Waals surface area contributed by atoms with E-state index in [1.54, 1.807) is 6.92 Å². The van der Waals surface area contributed by atoms with Crippen molar-refractivity contribution >= 4 is 17.6 Å².